The number of piperidine rings is 1. The summed E-state index contributed by atoms with van der Waals surface area (Å²) in [7, 11) is 6.08. The third kappa shape index (κ3) is 3.87. The van der Waals surface area contributed by atoms with Gasteiger partial charge in [0.05, 0.1) is 17.8 Å². The number of fused-ring (bicyclic) bond motifs is 1. The molecule has 1 fully saturated rings. The van der Waals surface area contributed by atoms with Gasteiger partial charge < -0.3 is 19.9 Å². The van der Waals surface area contributed by atoms with Gasteiger partial charge in [0.1, 0.15) is 5.75 Å². The maximum atomic E-state index is 5.68. The van der Waals surface area contributed by atoms with E-state index in [-0.39, 0.29) is 0 Å². The summed E-state index contributed by atoms with van der Waals surface area (Å²) < 4.78 is 6.91. The second-order valence-electron chi connectivity index (χ2n) is 7.22. The second kappa shape index (κ2) is 7.74. The van der Waals surface area contributed by atoms with Crippen LogP contribution in [0.2, 0.25) is 0 Å². The van der Waals surface area contributed by atoms with E-state index in [0.29, 0.717) is 6.04 Å². The average molecular weight is 383 g/mol. The largest absolute Gasteiger partial charge is 0.494 e. The molecule has 3 heterocycles. The summed E-state index contributed by atoms with van der Waals surface area (Å²) in [6.45, 7) is 2.17. The molecule has 5 nitrogen and oxygen atoms in total. The van der Waals surface area contributed by atoms with Crippen LogP contribution in [0.15, 0.2) is 42.7 Å². The number of anilines is 3. The first kappa shape index (κ1) is 18.1. The summed E-state index contributed by atoms with van der Waals surface area (Å²) in [4.78, 5) is 8.99. The standard InChI is InChI=1S/C21H26N4OS/c1-24(2)16-7-10-25(11-8-16)17-4-5-18(19(13-17)26-3)23-21-12-15-14-22-9-6-20(15)27-21/h4-6,9,12-14,16,23H,7-8,10-11H2,1-3H3. The lowest BCUT2D eigenvalue weighted by Gasteiger charge is -2.36. The molecular formula is C21H26N4OS. The minimum Gasteiger partial charge on any atom is -0.494 e. The fraction of sp³-hybridized carbons (Fsp3) is 0.381. The molecule has 0 radical (unpaired) electrons. The monoisotopic (exact) mass is 382 g/mol. The summed E-state index contributed by atoms with van der Waals surface area (Å²) >= 11 is 1.72. The molecule has 4 rings (SSSR count). The highest BCUT2D eigenvalue weighted by Gasteiger charge is 2.21. The van der Waals surface area contributed by atoms with E-state index in [1.807, 2.05) is 18.5 Å². The van der Waals surface area contributed by atoms with E-state index in [9.17, 15) is 0 Å². The van der Waals surface area contributed by atoms with Crippen LogP contribution in [0.4, 0.5) is 16.4 Å². The summed E-state index contributed by atoms with van der Waals surface area (Å²) in [5.74, 6) is 0.873. The van der Waals surface area contributed by atoms with Crippen molar-refractivity contribution in [2.75, 3.05) is 44.5 Å². The van der Waals surface area contributed by atoms with Gasteiger partial charge in [0.25, 0.3) is 0 Å². The first-order valence-electron chi connectivity index (χ1n) is 9.34. The zero-order valence-electron chi connectivity index (χ0n) is 16.1. The van der Waals surface area contributed by atoms with Gasteiger partial charge in [-0.15, -0.1) is 11.3 Å². The van der Waals surface area contributed by atoms with Crippen molar-refractivity contribution in [2.45, 2.75) is 18.9 Å². The number of nitrogens with zero attached hydrogens (tertiary/aromatic N) is 3. The number of thiophene rings is 1. The van der Waals surface area contributed by atoms with Crippen LogP contribution in [0.5, 0.6) is 5.75 Å². The molecule has 1 aliphatic heterocycles. The molecule has 0 unspecified atom stereocenters. The number of pyridine rings is 1. The molecule has 142 valence electrons. The molecule has 0 amide bonds. The Hall–Kier alpha value is -2.31. The van der Waals surface area contributed by atoms with Crippen molar-refractivity contribution in [3.63, 3.8) is 0 Å². The maximum Gasteiger partial charge on any atom is 0.144 e. The van der Waals surface area contributed by atoms with Crippen LogP contribution < -0.4 is 15.0 Å². The average Bonchev–Trinajstić information content (AvgIpc) is 3.10. The lowest BCUT2D eigenvalue weighted by Crippen LogP contribution is -2.41. The van der Waals surface area contributed by atoms with E-state index in [1.54, 1.807) is 18.4 Å². The first-order valence-corrected chi connectivity index (χ1v) is 10.2. The summed E-state index contributed by atoms with van der Waals surface area (Å²) in [5.41, 5.74) is 2.22. The molecule has 6 heteroatoms. The van der Waals surface area contributed by atoms with Crippen molar-refractivity contribution in [3.8, 4) is 5.75 Å². The predicted molar refractivity (Wildman–Crippen MR) is 115 cm³/mol. The molecular weight excluding hydrogens is 356 g/mol. The summed E-state index contributed by atoms with van der Waals surface area (Å²) in [6, 6.07) is 11.3. The van der Waals surface area contributed by atoms with E-state index in [0.717, 1.165) is 34.9 Å². The Morgan fingerprint density at radius 3 is 2.70 bits per heavy atom. The predicted octanol–water partition coefficient (Wildman–Crippen LogP) is 4.58. The molecule has 1 aromatic carbocycles. The Bertz CT molecular complexity index is 882. The van der Waals surface area contributed by atoms with Gasteiger partial charge in [-0.25, -0.2) is 0 Å². The molecule has 1 aliphatic rings. The molecule has 0 spiro atoms. The Kier molecular flexibility index (Phi) is 5.18. The van der Waals surface area contributed by atoms with Gasteiger partial charge in [-0.2, -0.15) is 0 Å². The summed E-state index contributed by atoms with van der Waals surface area (Å²) in [6.07, 6.45) is 6.13. The van der Waals surface area contributed by atoms with Crippen LogP contribution in [0.1, 0.15) is 12.8 Å². The highest BCUT2D eigenvalue weighted by Crippen LogP contribution is 2.36. The van der Waals surface area contributed by atoms with Crippen LogP contribution >= 0.6 is 11.3 Å². The number of hydrogen-bond acceptors (Lipinski definition) is 6. The lowest BCUT2D eigenvalue weighted by atomic mass is 10.0. The number of nitrogens with one attached hydrogen (secondary N) is 1. The first-order chi connectivity index (χ1) is 13.1. The Morgan fingerprint density at radius 2 is 2.00 bits per heavy atom. The van der Waals surface area contributed by atoms with Gasteiger partial charge in [0, 0.05) is 53.4 Å². The van der Waals surface area contributed by atoms with Crippen LogP contribution in [0, 0.1) is 0 Å². The SMILES string of the molecule is COc1cc(N2CCC(N(C)C)CC2)ccc1Nc1cc2cnccc2s1. The van der Waals surface area contributed by atoms with Crippen molar-refractivity contribution in [3.05, 3.63) is 42.7 Å². The van der Waals surface area contributed by atoms with E-state index < -0.39 is 0 Å². The number of aromatic nitrogens is 1. The van der Waals surface area contributed by atoms with E-state index in [4.69, 9.17) is 4.74 Å². The third-order valence-electron chi connectivity index (χ3n) is 5.32. The van der Waals surface area contributed by atoms with Gasteiger partial charge in [0.15, 0.2) is 0 Å². The minimum atomic E-state index is 0.687. The quantitative estimate of drug-likeness (QED) is 0.699. The van der Waals surface area contributed by atoms with Crippen molar-refractivity contribution in [1.29, 1.82) is 0 Å². The topological polar surface area (TPSA) is 40.6 Å². The molecule has 0 aliphatic carbocycles. The third-order valence-corrected chi connectivity index (χ3v) is 6.35. The Balaban J connectivity index is 1.51. The number of rotatable bonds is 5. The van der Waals surface area contributed by atoms with Crippen molar-refractivity contribution in [2.24, 2.45) is 0 Å². The number of methoxy groups -OCH3 is 1. The number of ether oxygens (including phenoxy) is 1. The van der Waals surface area contributed by atoms with Crippen molar-refractivity contribution >= 4 is 37.8 Å². The zero-order valence-corrected chi connectivity index (χ0v) is 16.9. The van der Waals surface area contributed by atoms with Crippen molar-refractivity contribution < 1.29 is 4.74 Å². The van der Waals surface area contributed by atoms with Crippen LogP contribution in [-0.2, 0) is 0 Å². The molecule has 0 bridgehead atoms. The van der Waals surface area contributed by atoms with Crippen LogP contribution in [0.3, 0.4) is 0 Å². The molecule has 0 saturated carbocycles. The van der Waals surface area contributed by atoms with Gasteiger partial charge in [-0.3, -0.25) is 4.98 Å². The molecule has 0 atom stereocenters. The molecule has 3 aromatic rings. The molecule has 1 saturated heterocycles. The fourth-order valence-corrected chi connectivity index (χ4v) is 4.64. The summed E-state index contributed by atoms with van der Waals surface area (Å²) in [5, 5.41) is 5.76. The van der Waals surface area contributed by atoms with Gasteiger partial charge in [-0.05, 0) is 51.2 Å². The number of hydrogen-bond donors (Lipinski definition) is 1. The van der Waals surface area contributed by atoms with Crippen molar-refractivity contribution in [1.82, 2.24) is 9.88 Å². The maximum absolute atomic E-state index is 5.68. The zero-order chi connectivity index (χ0) is 18.8. The Labute approximate surface area is 164 Å². The van der Waals surface area contributed by atoms with Gasteiger partial charge in [-0.1, -0.05) is 0 Å². The molecule has 1 N–H and O–H groups in total. The van der Waals surface area contributed by atoms with Gasteiger partial charge in [0.2, 0.25) is 0 Å². The normalized spacial score (nSPS) is 15.5. The highest BCUT2D eigenvalue weighted by atomic mass is 32.1. The highest BCUT2D eigenvalue weighted by molar-refractivity contribution is 7.22. The fourth-order valence-electron chi connectivity index (χ4n) is 3.70. The van der Waals surface area contributed by atoms with Crippen LogP contribution in [-0.4, -0.2) is 50.2 Å². The molecule has 2 aromatic heterocycles. The second-order valence-corrected chi connectivity index (χ2v) is 8.30. The lowest BCUT2D eigenvalue weighted by molar-refractivity contribution is 0.249. The Morgan fingerprint density at radius 1 is 1.19 bits per heavy atom. The van der Waals surface area contributed by atoms with Crippen LogP contribution in [0.25, 0.3) is 10.1 Å². The smallest absolute Gasteiger partial charge is 0.144 e. The van der Waals surface area contributed by atoms with E-state index in [2.05, 4.69) is 58.5 Å². The number of benzene rings is 1. The van der Waals surface area contributed by atoms with E-state index >= 15 is 0 Å². The van der Waals surface area contributed by atoms with E-state index in [1.165, 1.54) is 23.2 Å². The van der Waals surface area contributed by atoms with Gasteiger partial charge >= 0.3 is 0 Å². The molecule has 27 heavy (non-hydrogen) atoms. The minimum absolute atomic E-state index is 0.687.